The first-order valence-corrected chi connectivity index (χ1v) is 3.45. The molecule has 10 heavy (non-hydrogen) atoms. The maximum absolute atomic E-state index is 5.22. The topological polar surface area (TPSA) is 38.0 Å². The largest absolute Gasteiger partial charge is 0.323 e. The molecule has 0 unspecified atom stereocenters. The van der Waals surface area contributed by atoms with E-state index in [0.717, 1.165) is 16.1 Å². The van der Waals surface area contributed by atoms with Crippen molar-refractivity contribution in [2.45, 2.75) is 11.8 Å². The van der Waals surface area contributed by atoms with Crippen LogP contribution in [0.25, 0.3) is 0 Å². The van der Waals surface area contributed by atoms with E-state index in [1.54, 1.807) is 0 Å². The van der Waals surface area contributed by atoms with Crippen molar-refractivity contribution in [3.8, 4) is 0 Å². The Morgan fingerprint density at radius 1 is 1.50 bits per heavy atom. The molecule has 0 heterocycles. The molecule has 0 bridgehead atoms. The van der Waals surface area contributed by atoms with Gasteiger partial charge in [-0.1, -0.05) is 12.1 Å². The van der Waals surface area contributed by atoms with Crippen LogP contribution in [0.4, 0.5) is 5.69 Å². The molecule has 54 valence electrons. The van der Waals surface area contributed by atoms with Gasteiger partial charge in [0.15, 0.2) is 0 Å². The van der Waals surface area contributed by atoms with E-state index in [2.05, 4.69) is 18.1 Å². The van der Waals surface area contributed by atoms with Gasteiger partial charge in [-0.25, -0.2) is 0 Å². The first kappa shape index (κ1) is 7.44. The van der Waals surface area contributed by atoms with E-state index >= 15 is 0 Å². The summed E-state index contributed by atoms with van der Waals surface area (Å²) in [6, 6.07) is 5.81. The molecular formula is C7H10N2S. The number of hydrogen-bond acceptors (Lipinski definition) is 3. The van der Waals surface area contributed by atoms with Crippen LogP contribution in [0.2, 0.25) is 0 Å². The van der Waals surface area contributed by atoms with Crippen molar-refractivity contribution in [1.29, 1.82) is 0 Å². The fraction of sp³-hybridized carbons (Fsp3) is 0.143. The van der Waals surface area contributed by atoms with Gasteiger partial charge in [-0.05, 0) is 18.6 Å². The molecule has 3 N–H and O–H groups in total. The second-order valence-electron chi connectivity index (χ2n) is 2.12. The van der Waals surface area contributed by atoms with Crippen LogP contribution in [0.3, 0.4) is 0 Å². The summed E-state index contributed by atoms with van der Waals surface area (Å²) in [6.07, 6.45) is 0. The first-order valence-electron chi connectivity index (χ1n) is 3.01. The molecule has 0 aliphatic carbocycles. The number of hydrogen-bond donors (Lipinski definition) is 3. The lowest BCUT2D eigenvalue weighted by Crippen LogP contribution is -2.07. The van der Waals surface area contributed by atoms with Gasteiger partial charge in [-0.3, -0.25) is 5.84 Å². The molecule has 1 aromatic rings. The summed E-state index contributed by atoms with van der Waals surface area (Å²) in [5, 5.41) is 0. The average molecular weight is 154 g/mol. The van der Waals surface area contributed by atoms with Crippen molar-refractivity contribution in [2.24, 2.45) is 5.84 Å². The second-order valence-corrected chi connectivity index (χ2v) is 2.56. The summed E-state index contributed by atoms with van der Waals surface area (Å²) in [5.41, 5.74) is 4.55. The van der Waals surface area contributed by atoms with Crippen LogP contribution in [-0.4, -0.2) is 0 Å². The Balaban J connectivity index is 3.14. The smallest absolute Gasteiger partial charge is 0.0621 e. The number of aryl methyl sites for hydroxylation is 1. The van der Waals surface area contributed by atoms with E-state index in [-0.39, 0.29) is 0 Å². The Morgan fingerprint density at radius 3 is 2.70 bits per heavy atom. The number of anilines is 1. The van der Waals surface area contributed by atoms with Crippen molar-refractivity contribution >= 4 is 18.3 Å². The molecule has 0 amide bonds. The third kappa shape index (κ3) is 1.25. The summed E-state index contributed by atoms with van der Waals surface area (Å²) in [6.45, 7) is 1.99. The van der Waals surface area contributed by atoms with Gasteiger partial charge in [0.05, 0.1) is 5.69 Å². The molecule has 0 saturated carbocycles. The van der Waals surface area contributed by atoms with Gasteiger partial charge >= 0.3 is 0 Å². The lowest BCUT2D eigenvalue weighted by molar-refractivity contribution is 1.24. The van der Waals surface area contributed by atoms with E-state index in [0.29, 0.717) is 0 Å². The van der Waals surface area contributed by atoms with E-state index in [1.807, 2.05) is 25.1 Å². The molecular weight excluding hydrogens is 144 g/mol. The highest BCUT2D eigenvalue weighted by Gasteiger charge is 1.96. The molecule has 0 radical (unpaired) electrons. The minimum Gasteiger partial charge on any atom is -0.323 e. The standard InChI is InChI=1S/C7H10N2S/c1-5-3-2-4-6(9-8)7(5)10/h2-4,9-10H,8H2,1H3. The quantitative estimate of drug-likeness (QED) is 0.326. The molecule has 0 aromatic heterocycles. The highest BCUT2D eigenvalue weighted by atomic mass is 32.1. The summed E-state index contributed by atoms with van der Waals surface area (Å²) >= 11 is 4.25. The minimum atomic E-state index is 0.864. The number of nitrogens with one attached hydrogen (secondary N) is 1. The van der Waals surface area contributed by atoms with Gasteiger partial charge in [0.1, 0.15) is 0 Å². The van der Waals surface area contributed by atoms with Crippen LogP contribution in [-0.2, 0) is 0 Å². The third-order valence-corrected chi connectivity index (χ3v) is 1.99. The van der Waals surface area contributed by atoms with Crippen LogP contribution < -0.4 is 11.3 Å². The van der Waals surface area contributed by atoms with Gasteiger partial charge in [0.25, 0.3) is 0 Å². The maximum atomic E-state index is 5.22. The van der Waals surface area contributed by atoms with Crippen molar-refractivity contribution < 1.29 is 0 Å². The molecule has 0 fully saturated rings. The van der Waals surface area contributed by atoms with Crippen LogP contribution >= 0.6 is 12.6 Å². The van der Waals surface area contributed by atoms with Gasteiger partial charge in [0.2, 0.25) is 0 Å². The summed E-state index contributed by atoms with van der Waals surface area (Å²) in [4.78, 5) is 0.907. The lowest BCUT2D eigenvalue weighted by Gasteiger charge is -2.04. The average Bonchev–Trinajstić information content (AvgIpc) is 1.95. The van der Waals surface area contributed by atoms with Crippen molar-refractivity contribution in [1.82, 2.24) is 0 Å². The fourth-order valence-electron chi connectivity index (χ4n) is 0.775. The summed E-state index contributed by atoms with van der Waals surface area (Å²) in [7, 11) is 0. The van der Waals surface area contributed by atoms with E-state index in [4.69, 9.17) is 5.84 Å². The number of hydrazine groups is 1. The maximum Gasteiger partial charge on any atom is 0.0621 e. The predicted molar refractivity (Wildman–Crippen MR) is 46.2 cm³/mol. The number of benzene rings is 1. The Labute approximate surface area is 65.8 Å². The molecule has 3 heteroatoms. The first-order chi connectivity index (χ1) is 4.75. The van der Waals surface area contributed by atoms with Gasteiger partial charge in [-0.2, -0.15) is 0 Å². The third-order valence-electron chi connectivity index (χ3n) is 1.39. The van der Waals surface area contributed by atoms with Crippen LogP contribution in [0.15, 0.2) is 23.1 Å². The number of thiol groups is 1. The SMILES string of the molecule is Cc1cccc(NN)c1S. The minimum absolute atomic E-state index is 0.864. The highest BCUT2D eigenvalue weighted by Crippen LogP contribution is 2.21. The van der Waals surface area contributed by atoms with E-state index in [1.165, 1.54) is 0 Å². The van der Waals surface area contributed by atoms with Crippen molar-refractivity contribution in [3.63, 3.8) is 0 Å². The number of nitrogens with two attached hydrogens (primary N) is 1. The molecule has 0 aliphatic heterocycles. The zero-order valence-electron chi connectivity index (χ0n) is 5.76. The zero-order valence-corrected chi connectivity index (χ0v) is 6.65. The Hall–Kier alpha value is -0.670. The molecule has 0 saturated heterocycles. The summed E-state index contributed by atoms with van der Waals surface area (Å²) in [5.74, 6) is 5.22. The summed E-state index contributed by atoms with van der Waals surface area (Å²) < 4.78 is 0. The lowest BCUT2D eigenvalue weighted by atomic mass is 10.2. The van der Waals surface area contributed by atoms with Crippen LogP contribution in [0.1, 0.15) is 5.56 Å². The van der Waals surface area contributed by atoms with Gasteiger partial charge in [-0.15, -0.1) is 12.6 Å². The Morgan fingerprint density at radius 2 is 2.20 bits per heavy atom. The normalized spacial score (nSPS) is 9.50. The zero-order chi connectivity index (χ0) is 7.56. The molecule has 1 aromatic carbocycles. The monoisotopic (exact) mass is 154 g/mol. The van der Waals surface area contributed by atoms with Crippen LogP contribution in [0.5, 0.6) is 0 Å². The number of nitrogen functional groups attached to an aromatic ring is 1. The molecule has 0 atom stereocenters. The molecule has 0 spiro atoms. The Kier molecular flexibility index (Phi) is 2.19. The van der Waals surface area contributed by atoms with Crippen molar-refractivity contribution in [2.75, 3.05) is 5.43 Å². The Bertz CT molecular complexity index is 235. The second kappa shape index (κ2) is 2.94. The fourth-order valence-corrected chi connectivity index (χ4v) is 0.989. The molecule has 0 aliphatic rings. The molecule has 1 rings (SSSR count). The molecule has 2 nitrogen and oxygen atoms in total. The number of rotatable bonds is 1. The van der Waals surface area contributed by atoms with Gasteiger partial charge in [0, 0.05) is 4.90 Å². The van der Waals surface area contributed by atoms with E-state index in [9.17, 15) is 0 Å². The highest BCUT2D eigenvalue weighted by molar-refractivity contribution is 7.80. The van der Waals surface area contributed by atoms with E-state index < -0.39 is 0 Å². The van der Waals surface area contributed by atoms with Gasteiger partial charge < -0.3 is 5.43 Å². The van der Waals surface area contributed by atoms with Crippen molar-refractivity contribution in [3.05, 3.63) is 23.8 Å². The predicted octanol–water partition coefficient (Wildman–Crippen LogP) is 1.57. The van der Waals surface area contributed by atoms with Crippen LogP contribution in [0, 0.1) is 6.92 Å².